The van der Waals surface area contributed by atoms with Crippen LogP contribution in [0.3, 0.4) is 0 Å². The summed E-state index contributed by atoms with van der Waals surface area (Å²) < 4.78 is 40.1. The number of hydrogen-bond donors (Lipinski definition) is 2. The minimum Gasteiger partial charge on any atom is -0.389 e. The second-order valence-electron chi connectivity index (χ2n) is 5.74. The van der Waals surface area contributed by atoms with Gasteiger partial charge in [-0.25, -0.2) is 17.5 Å². The molecule has 0 aromatic heterocycles. The summed E-state index contributed by atoms with van der Waals surface area (Å²) in [6, 6.07) is 14.8. The van der Waals surface area contributed by atoms with Gasteiger partial charge in [0.2, 0.25) is 10.0 Å². The molecule has 0 radical (unpaired) electrons. The largest absolute Gasteiger partial charge is 0.389 e. The van der Waals surface area contributed by atoms with E-state index in [1.807, 2.05) is 30.3 Å². The van der Waals surface area contributed by atoms with Gasteiger partial charge in [-0.05, 0) is 37.5 Å². The number of hydrogen-bond acceptors (Lipinski definition) is 3. The van der Waals surface area contributed by atoms with Gasteiger partial charge in [0.05, 0.1) is 5.60 Å². The predicted molar refractivity (Wildman–Crippen MR) is 87.0 cm³/mol. The molecule has 0 saturated heterocycles. The summed E-state index contributed by atoms with van der Waals surface area (Å²) in [4.78, 5) is -0.418. The number of aliphatic hydroxyl groups is 1. The average molecular weight is 337 g/mol. The lowest BCUT2D eigenvalue weighted by atomic mass is 9.97. The number of benzene rings is 2. The van der Waals surface area contributed by atoms with Crippen molar-refractivity contribution in [2.45, 2.75) is 30.3 Å². The van der Waals surface area contributed by atoms with Crippen LogP contribution in [0.15, 0.2) is 59.5 Å². The van der Waals surface area contributed by atoms with Crippen LogP contribution >= 0.6 is 0 Å². The van der Waals surface area contributed by atoms with Crippen molar-refractivity contribution in [1.29, 1.82) is 0 Å². The number of nitrogens with one attached hydrogen (secondary N) is 1. The molecule has 23 heavy (non-hydrogen) atoms. The summed E-state index contributed by atoms with van der Waals surface area (Å²) in [5.74, 6) is -0.816. The number of sulfonamides is 1. The highest BCUT2D eigenvalue weighted by atomic mass is 32.2. The van der Waals surface area contributed by atoms with Crippen LogP contribution in [0.1, 0.15) is 18.9 Å². The van der Waals surface area contributed by atoms with Gasteiger partial charge in [0, 0.05) is 6.54 Å². The highest BCUT2D eigenvalue weighted by Gasteiger charge is 2.25. The lowest BCUT2D eigenvalue weighted by Gasteiger charge is -2.23. The molecule has 6 heteroatoms. The molecule has 2 rings (SSSR count). The third-order valence-electron chi connectivity index (χ3n) is 3.56. The molecule has 0 aliphatic heterocycles. The molecule has 4 nitrogen and oxygen atoms in total. The van der Waals surface area contributed by atoms with Gasteiger partial charge in [0.15, 0.2) is 0 Å². The third-order valence-corrected chi connectivity index (χ3v) is 5.00. The van der Waals surface area contributed by atoms with Crippen molar-refractivity contribution in [3.05, 3.63) is 66.0 Å². The van der Waals surface area contributed by atoms with E-state index < -0.39 is 26.3 Å². The fraction of sp³-hybridized carbons (Fsp3) is 0.294. The SMILES string of the molecule is C[C@@](O)(CCc1ccccc1)CNS(=O)(=O)c1ccccc1F. The van der Waals surface area contributed by atoms with E-state index in [-0.39, 0.29) is 6.54 Å². The second kappa shape index (κ2) is 7.21. The van der Waals surface area contributed by atoms with Crippen LogP contribution in [0.25, 0.3) is 0 Å². The van der Waals surface area contributed by atoms with Crippen molar-refractivity contribution in [2.75, 3.05) is 6.54 Å². The molecular weight excluding hydrogens is 317 g/mol. The molecule has 0 spiro atoms. The Morgan fingerprint density at radius 3 is 2.35 bits per heavy atom. The fourth-order valence-electron chi connectivity index (χ4n) is 2.14. The molecule has 0 fully saturated rings. The highest BCUT2D eigenvalue weighted by Crippen LogP contribution is 2.16. The van der Waals surface area contributed by atoms with Crippen LogP contribution in [0, 0.1) is 5.82 Å². The van der Waals surface area contributed by atoms with Crippen LogP contribution in [0.2, 0.25) is 0 Å². The summed E-state index contributed by atoms with van der Waals surface area (Å²) in [5, 5.41) is 10.3. The first kappa shape index (κ1) is 17.6. The number of halogens is 1. The third kappa shape index (κ3) is 5.13. The van der Waals surface area contributed by atoms with E-state index in [1.54, 1.807) is 6.92 Å². The Morgan fingerprint density at radius 2 is 1.70 bits per heavy atom. The van der Waals surface area contributed by atoms with Crippen molar-refractivity contribution in [1.82, 2.24) is 4.72 Å². The highest BCUT2D eigenvalue weighted by molar-refractivity contribution is 7.89. The molecule has 0 amide bonds. The topological polar surface area (TPSA) is 66.4 Å². The van der Waals surface area contributed by atoms with E-state index in [1.165, 1.54) is 18.2 Å². The van der Waals surface area contributed by atoms with Gasteiger partial charge in [0.1, 0.15) is 10.7 Å². The first-order valence-electron chi connectivity index (χ1n) is 7.31. The van der Waals surface area contributed by atoms with Crippen molar-refractivity contribution >= 4 is 10.0 Å². The van der Waals surface area contributed by atoms with E-state index in [0.29, 0.717) is 12.8 Å². The summed E-state index contributed by atoms with van der Waals surface area (Å²) in [6.07, 6.45) is 1.01. The zero-order valence-corrected chi connectivity index (χ0v) is 13.7. The Balaban J connectivity index is 1.97. The minimum absolute atomic E-state index is 0.184. The molecule has 0 bridgehead atoms. The Morgan fingerprint density at radius 1 is 1.09 bits per heavy atom. The monoisotopic (exact) mass is 337 g/mol. The number of aryl methyl sites for hydroxylation is 1. The summed E-state index contributed by atoms with van der Waals surface area (Å²) in [5.41, 5.74) is -0.168. The summed E-state index contributed by atoms with van der Waals surface area (Å²) >= 11 is 0. The summed E-state index contributed by atoms with van der Waals surface area (Å²) in [6.45, 7) is 1.37. The van der Waals surface area contributed by atoms with Gasteiger partial charge >= 0.3 is 0 Å². The predicted octanol–water partition coefficient (Wildman–Crippen LogP) is 2.49. The molecule has 0 aliphatic rings. The average Bonchev–Trinajstić information content (AvgIpc) is 2.53. The van der Waals surface area contributed by atoms with Gasteiger partial charge in [-0.2, -0.15) is 0 Å². The standard InChI is InChI=1S/C17H20FNO3S/c1-17(20,12-11-14-7-3-2-4-8-14)13-19-23(21,22)16-10-6-5-9-15(16)18/h2-10,19-20H,11-13H2,1H3/t17-/m1/s1. The van der Waals surface area contributed by atoms with E-state index in [2.05, 4.69) is 4.72 Å². The molecule has 124 valence electrons. The molecule has 0 unspecified atom stereocenters. The van der Waals surface area contributed by atoms with Gasteiger partial charge in [-0.3, -0.25) is 0 Å². The van der Waals surface area contributed by atoms with Crippen molar-refractivity contribution < 1.29 is 17.9 Å². The van der Waals surface area contributed by atoms with E-state index in [4.69, 9.17) is 0 Å². The number of rotatable bonds is 7. The van der Waals surface area contributed by atoms with Crippen LogP contribution in [0.4, 0.5) is 4.39 Å². The van der Waals surface area contributed by atoms with Crippen LogP contribution < -0.4 is 4.72 Å². The normalized spacial score (nSPS) is 14.4. The maximum Gasteiger partial charge on any atom is 0.243 e. The molecule has 2 aromatic rings. The second-order valence-corrected chi connectivity index (χ2v) is 7.47. The molecule has 0 saturated carbocycles. The molecule has 0 heterocycles. The Kier molecular flexibility index (Phi) is 5.51. The lowest BCUT2D eigenvalue weighted by Crippen LogP contribution is -2.41. The van der Waals surface area contributed by atoms with Crippen LogP contribution in [-0.4, -0.2) is 25.7 Å². The zero-order chi connectivity index (χ0) is 16.9. The van der Waals surface area contributed by atoms with E-state index in [9.17, 15) is 17.9 Å². The molecule has 0 aliphatic carbocycles. The van der Waals surface area contributed by atoms with Gasteiger partial charge in [-0.1, -0.05) is 42.5 Å². The minimum atomic E-state index is -3.99. The van der Waals surface area contributed by atoms with Crippen molar-refractivity contribution in [2.24, 2.45) is 0 Å². The smallest absolute Gasteiger partial charge is 0.243 e. The molecule has 2 aromatic carbocycles. The fourth-order valence-corrected chi connectivity index (χ4v) is 3.38. The summed E-state index contributed by atoms with van der Waals surface area (Å²) in [7, 11) is -3.99. The molecule has 1 atom stereocenters. The quantitative estimate of drug-likeness (QED) is 0.816. The molecule has 2 N–H and O–H groups in total. The van der Waals surface area contributed by atoms with Gasteiger partial charge < -0.3 is 5.11 Å². The van der Waals surface area contributed by atoms with Gasteiger partial charge in [-0.15, -0.1) is 0 Å². The van der Waals surface area contributed by atoms with E-state index >= 15 is 0 Å². The molecular formula is C17H20FNO3S. The van der Waals surface area contributed by atoms with Crippen LogP contribution in [0.5, 0.6) is 0 Å². The van der Waals surface area contributed by atoms with Gasteiger partial charge in [0.25, 0.3) is 0 Å². The van der Waals surface area contributed by atoms with E-state index in [0.717, 1.165) is 11.6 Å². The Bertz CT molecular complexity index is 745. The first-order valence-corrected chi connectivity index (χ1v) is 8.79. The van der Waals surface area contributed by atoms with Crippen LogP contribution in [-0.2, 0) is 16.4 Å². The Labute approximate surface area is 136 Å². The Hall–Kier alpha value is -1.76. The lowest BCUT2D eigenvalue weighted by molar-refractivity contribution is 0.0565. The maximum atomic E-state index is 13.6. The first-order chi connectivity index (χ1) is 10.8. The van der Waals surface area contributed by atoms with Crippen molar-refractivity contribution in [3.8, 4) is 0 Å². The van der Waals surface area contributed by atoms with Crippen molar-refractivity contribution in [3.63, 3.8) is 0 Å². The zero-order valence-electron chi connectivity index (χ0n) is 12.9. The maximum absolute atomic E-state index is 13.6.